The highest BCUT2D eigenvalue weighted by Crippen LogP contribution is 2.28. The lowest BCUT2D eigenvalue weighted by molar-refractivity contribution is -0.114. The number of carboxylic acid groups (broad SMARTS) is 3. The van der Waals surface area contributed by atoms with Crippen molar-refractivity contribution in [1.82, 2.24) is 0 Å². The average Bonchev–Trinajstić information content (AvgIpc) is 0.803. The van der Waals surface area contributed by atoms with Gasteiger partial charge in [-0.05, 0) is 191 Å². The zero-order valence-electron chi connectivity index (χ0n) is 79.6. The third-order valence-corrected chi connectivity index (χ3v) is 24.8. The second-order valence-corrected chi connectivity index (χ2v) is 38.3. The summed E-state index contributed by atoms with van der Waals surface area (Å²) in [5.41, 5.74) is 21.7. The molecule has 0 aromatic heterocycles. The molecule has 31 heteroatoms. The zero-order valence-corrected chi connectivity index (χ0v) is 82.0. The molecule has 143 heavy (non-hydrogen) atoms. The molecule has 14 aromatic carbocycles. The Balaban J connectivity index is 0.000000226. The van der Waals surface area contributed by atoms with Gasteiger partial charge in [0.25, 0.3) is 0 Å². The molecule has 0 atom stereocenters. The topological polar surface area (TPSA) is 458 Å². The molecule has 0 saturated heterocycles. The molecule has 0 aliphatic heterocycles. The number of benzene rings is 14. The molecule has 0 aliphatic carbocycles. The van der Waals surface area contributed by atoms with Crippen LogP contribution in [0.3, 0.4) is 0 Å². The SMILES string of the molecule is C.CC(=O)Nc1ccccc1C(=O)Cc1ccc(C)cc1.COC(=O)Nc1ccccc1C(=O)Cc1ccc(C)cc1.Cc1ccc(CC(=O)c2ccccc2NC(N)=O)cc1.Cc1ccc(CC(=O)c2ccccc2NS(C)(=O)=O)cc1.Cc1ccc(NC(=O)Nc2ccccc2C(=O)O)cc1.Cc1ccc(S(=O)(=O)Cc2ccccc2C(=O)O)cc1.Cc1ccc(S(=O)(=O)Cc2ccccc2C(=O)O)cc1. The lowest BCUT2D eigenvalue weighted by Gasteiger charge is -2.10. The third-order valence-electron chi connectivity index (χ3n) is 20.8. The Morgan fingerprint density at radius 1 is 0.294 bits per heavy atom. The van der Waals surface area contributed by atoms with Gasteiger partial charge in [0.15, 0.2) is 42.8 Å². The number of nitrogens with one attached hydrogen (secondary N) is 6. The second-order valence-electron chi connectivity index (χ2n) is 32.6. The molecule has 0 unspecified atom stereocenters. The van der Waals surface area contributed by atoms with Crippen LogP contribution in [0.2, 0.25) is 0 Å². The summed E-state index contributed by atoms with van der Waals surface area (Å²) < 4.78 is 78.8. The predicted octanol–water partition coefficient (Wildman–Crippen LogP) is 22.0. The van der Waals surface area contributed by atoms with Crippen molar-refractivity contribution in [3.8, 4) is 0 Å². The van der Waals surface area contributed by atoms with E-state index in [0.29, 0.717) is 74.7 Å². The van der Waals surface area contributed by atoms with Crippen molar-refractivity contribution in [3.63, 3.8) is 0 Å². The number of amides is 6. The summed E-state index contributed by atoms with van der Waals surface area (Å²) in [6, 6.07) is 96.3. The number of carbonyl (C=O) groups is 11. The number of carboxylic acids is 3. The fraction of sp³-hybridized carbons (Fsp3) is 0.152. The Kier molecular flexibility index (Phi) is 43.5. The number of ketones is 4. The van der Waals surface area contributed by atoms with Crippen LogP contribution in [0.25, 0.3) is 0 Å². The van der Waals surface area contributed by atoms with Crippen molar-refractivity contribution >= 4 is 129 Å². The van der Waals surface area contributed by atoms with Gasteiger partial charge in [-0.3, -0.25) is 34.0 Å². The van der Waals surface area contributed by atoms with Gasteiger partial charge in [0.05, 0.1) is 79.8 Å². The largest absolute Gasteiger partial charge is 0.478 e. The van der Waals surface area contributed by atoms with Crippen LogP contribution in [0.15, 0.2) is 350 Å². The molecule has 0 saturated carbocycles. The Morgan fingerprint density at radius 3 is 0.825 bits per heavy atom. The number of nitrogens with two attached hydrogens (primary N) is 1. The molecule has 11 N–H and O–H groups in total. The van der Waals surface area contributed by atoms with Gasteiger partial charge in [-0.25, -0.2) is 54.0 Å². The Labute approximate surface area is 832 Å². The van der Waals surface area contributed by atoms with Crippen molar-refractivity contribution in [2.45, 2.75) is 110 Å². The fourth-order valence-electron chi connectivity index (χ4n) is 13.4. The monoisotopic (exact) mass is 1990 g/mol. The van der Waals surface area contributed by atoms with Crippen LogP contribution in [0, 0.1) is 48.5 Å². The van der Waals surface area contributed by atoms with E-state index in [1.165, 1.54) is 80.3 Å². The zero-order chi connectivity index (χ0) is 104. The number of rotatable bonds is 28. The van der Waals surface area contributed by atoms with Gasteiger partial charge in [-0.1, -0.05) is 277 Å². The quantitative estimate of drug-likeness (QED) is 0.0204. The standard InChI is InChI=1S/C17H17NO3.C17H17NO2.C16H16N2O2.C16H17NO3S.C15H14N2O3.2C15H14O4S.CH4/c1-12-7-9-13(10-8-12)11-16(19)14-5-3-4-6-15(14)18-17(20)21-2;1-12-7-9-14(10-8-12)11-17(20)15-5-3-4-6-16(15)18-13(2)19;1-11-6-8-12(9-7-11)10-15(19)13-4-2-3-5-14(13)18-16(17)20;1-12-7-9-13(10-8-12)11-16(18)14-5-3-4-6-15(14)17-21(2,19)20;1-10-6-8-11(9-7-10)16-15(20)17-13-5-3-2-4-12(13)14(18)19;2*1-11-6-8-13(9-7-11)20(18,19)10-12-4-2-3-5-14(12)15(16)17;/h3-10H,11H2,1-2H3,(H,18,20);3-10H,11H2,1-2H3,(H,18,19);2-9H,10H2,1H3,(H3,17,18,20);3-10,17H,11H2,1-2H3;2-9H,1H3,(H,18,19)(H2,16,17,20);2*2-9H,10H2,1H3,(H,16,17);1H4. The average molecular weight is 1990 g/mol. The maximum absolute atomic E-state index is 12.4. The predicted molar refractivity (Wildman–Crippen MR) is 560 cm³/mol. The molecule has 740 valence electrons. The summed E-state index contributed by atoms with van der Waals surface area (Å²) in [6.07, 6.45) is 1.62. The number of urea groups is 2. The first-order valence-corrected chi connectivity index (χ1v) is 49.2. The smallest absolute Gasteiger partial charge is 0.411 e. The van der Waals surface area contributed by atoms with E-state index in [1.807, 2.05) is 158 Å². The summed E-state index contributed by atoms with van der Waals surface area (Å²) in [7, 11) is -9.23. The van der Waals surface area contributed by atoms with Crippen LogP contribution in [0.4, 0.5) is 48.5 Å². The summed E-state index contributed by atoms with van der Waals surface area (Å²) >= 11 is 0. The number of hydrogen-bond acceptors (Lipinski definition) is 18. The number of methoxy groups -OCH3 is 1. The molecule has 0 aliphatic rings. The van der Waals surface area contributed by atoms with E-state index < -0.39 is 65.8 Å². The highest BCUT2D eigenvalue weighted by molar-refractivity contribution is 7.92. The summed E-state index contributed by atoms with van der Waals surface area (Å²) in [6.45, 7) is 15.1. The molecule has 0 spiro atoms. The number of primary amides is 1. The van der Waals surface area contributed by atoms with Gasteiger partial charge < -0.3 is 47.1 Å². The number of para-hydroxylation sites is 5. The van der Waals surface area contributed by atoms with E-state index in [0.717, 1.165) is 61.9 Å². The van der Waals surface area contributed by atoms with Crippen LogP contribution >= 0.6 is 0 Å². The molecule has 0 heterocycles. The molecule has 14 aromatic rings. The highest BCUT2D eigenvalue weighted by atomic mass is 32.2. The van der Waals surface area contributed by atoms with E-state index >= 15 is 0 Å². The van der Waals surface area contributed by atoms with Gasteiger partial charge >= 0.3 is 36.1 Å². The molecule has 0 bridgehead atoms. The van der Waals surface area contributed by atoms with Gasteiger partial charge in [-0.15, -0.1) is 0 Å². The molecular formula is C112H113N7O21S3. The molecule has 14 rings (SSSR count). The van der Waals surface area contributed by atoms with Crippen LogP contribution in [-0.4, -0.2) is 119 Å². The van der Waals surface area contributed by atoms with Crippen LogP contribution in [-0.2, 0) is 76.4 Å². The summed E-state index contributed by atoms with van der Waals surface area (Å²) in [5, 5.41) is 40.1. The lowest BCUT2D eigenvalue weighted by atomic mass is 10.0. The number of anilines is 6. The maximum atomic E-state index is 12.4. The Bertz CT molecular complexity index is 6920. The van der Waals surface area contributed by atoms with Gasteiger partial charge in [-0.2, -0.15) is 0 Å². The van der Waals surface area contributed by atoms with E-state index in [4.69, 9.17) is 21.1 Å². The number of aromatic carboxylic acids is 3. The van der Waals surface area contributed by atoms with E-state index in [1.54, 1.807) is 170 Å². The maximum Gasteiger partial charge on any atom is 0.411 e. The third kappa shape index (κ3) is 38.1. The molecule has 6 amide bonds. The van der Waals surface area contributed by atoms with Gasteiger partial charge in [0.1, 0.15) is 0 Å². The van der Waals surface area contributed by atoms with E-state index in [9.17, 15) is 78.0 Å². The fourth-order valence-corrected chi connectivity index (χ4v) is 16.8. The molecular weight excluding hydrogens is 1880 g/mol. The number of ether oxygens (including phenoxy) is 1. The van der Waals surface area contributed by atoms with Crippen LogP contribution in [0.5, 0.6) is 0 Å². The normalized spacial score (nSPS) is 10.4. The number of Topliss-reactive ketones (excluding diaryl/α,β-unsaturated/α-hetero) is 4. The van der Waals surface area contributed by atoms with Gasteiger partial charge in [0, 0.05) is 60.5 Å². The molecule has 0 radical (unpaired) electrons. The van der Waals surface area contributed by atoms with Crippen molar-refractivity contribution < 1.29 is 98.0 Å². The molecule has 0 fully saturated rings. The first-order valence-electron chi connectivity index (χ1n) is 44.0. The first-order chi connectivity index (χ1) is 67.4. The van der Waals surface area contributed by atoms with Crippen LogP contribution < -0.4 is 37.0 Å². The van der Waals surface area contributed by atoms with Crippen molar-refractivity contribution in [3.05, 3.63) is 451 Å². The van der Waals surface area contributed by atoms with Crippen molar-refractivity contribution in [2.24, 2.45) is 5.73 Å². The summed E-state index contributed by atoms with van der Waals surface area (Å²) in [5.74, 6) is -4.39. The first kappa shape index (κ1) is 113. The Hall–Kier alpha value is -16.9. The minimum atomic E-state index is -3.55. The Morgan fingerprint density at radius 2 is 0.538 bits per heavy atom. The van der Waals surface area contributed by atoms with E-state index in [2.05, 4.69) is 36.0 Å². The van der Waals surface area contributed by atoms with E-state index in [-0.39, 0.29) is 93.0 Å². The van der Waals surface area contributed by atoms with Crippen molar-refractivity contribution in [2.75, 3.05) is 44.7 Å². The number of sulfone groups is 2. The minimum absolute atomic E-state index is 0. The lowest BCUT2D eigenvalue weighted by Crippen LogP contribution is -2.21. The number of hydrogen-bond donors (Lipinski definition) is 10. The van der Waals surface area contributed by atoms with Crippen molar-refractivity contribution in [1.29, 1.82) is 0 Å². The number of sulfonamides is 1. The minimum Gasteiger partial charge on any atom is -0.478 e. The molecule has 28 nitrogen and oxygen atoms in total. The highest BCUT2D eigenvalue weighted by Gasteiger charge is 2.24. The summed E-state index contributed by atoms with van der Waals surface area (Å²) in [4.78, 5) is 128. The number of carbonyl (C=O) groups excluding carboxylic acids is 8. The van der Waals surface area contributed by atoms with Crippen LogP contribution in [0.1, 0.15) is 159 Å². The number of aryl methyl sites for hydroxylation is 7. The second kappa shape index (κ2) is 55.0. The van der Waals surface area contributed by atoms with Gasteiger partial charge in [0.2, 0.25) is 15.9 Å².